The third-order valence-corrected chi connectivity index (χ3v) is 5.55. The van der Waals surface area contributed by atoms with Gasteiger partial charge in [0.25, 0.3) is 5.91 Å². The summed E-state index contributed by atoms with van der Waals surface area (Å²) < 4.78 is 58.4. The lowest BCUT2D eigenvalue weighted by Crippen LogP contribution is -2.22. The van der Waals surface area contributed by atoms with Crippen molar-refractivity contribution in [1.82, 2.24) is 14.8 Å². The molecule has 4 aromatic rings. The minimum atomic E-state index is -5.05. The van der Waals surface area contributed by atoms with Gasteiger partial charge in [-0.15, -0.1) is 0 Å². The van der Waals surface area contributed by atoms with E-state index in [0.29, 0.717) is 5.56 Å². The van der Waals surface area contributed by atoms with E-state index < -0.39 is 57.3 Å². The van der Waals surface area contributed by atoms with Crippen LogP contribution in [0.4, 0.5) is 17.6 Å². The molecule has 0 atom stereocenters. The van der Waals surface area contributed by atoms with E-state index in [1.807, 2.05) is 6.07 Å². The maximum Gasteiger partial charge on any atom is 0.435 e. The Labute approximate surface area is 200 Å². The first kappa shape index (κ1) is 24.3. The molecule has 0 saturated carbocycles. The van der Waals surface area contributed by atoms with E-state index in [4.69, 9.17) is 16.7 Å². The number of rotatable bonds is 5. The Morgan fingerprint density at radius 3 is 2.39 bits per heavy atom. The summed E-state index contributed by atoms with van der Waals surface area (Å²) in [6.07, 6.45) is -5.05. The minimum absolute atomic E-state index is 0.118. The Hall–Kier alpha value is -4.79. The van der Waals surface area contributed by atoms with E-state index in [1.165, 1.54) is 31.2 Å². The van der Waals surface area contributed by atoms with E-state index in [0.717, 1.165) is 10.7 Å². The number of halogens is 4. The van der Waals surface area contributed by atoms with Crippen molar-refractivity contribution in [3.05, 3.63) is 82.1 Å². The van der Waals surface area contributed by atoms with E-state index in [-0.39, 0.29) is 23.3 Å². The van der Waals surface area contributed by atoms with Crippen molar-refractivity contribution >= 4 is 22.7 Å². The van der Waals surface area contributed by atoms with Gasteiger partial charge in [-0.1, -0.05) is 18.2 Å². The smallest absolute Gasteiger partial charge is 0.366 e. The highest BCUT2D eigenvalue weighted by atomic mass is 19.4. The second kappa shape index (κ2) is 8.77. The minimum Gasteiger partial charge on any atom is -0.366 e. The first-order valence-corrected chi connectivity index (χ1v) is 10.3. The zero-order valence-corrected chi connectivity index (χ0v) is 18.5. The van der Waals surface area contributed by atoms with E-state index in [9.17, 15) is 27.2 Å². The number of hydrogen-bond acceptors (Lipinski definition) is 5. The molecule has 0 bridgehead atoms. The summed E-state index contributed by atoms with van der Waals surface area (Å²) in [5.74, 6) is -3.51. The van der Waals surface area contributed by atoms with Crippen LogP contribution in [0.25, 0.3) is 22.0 Å². The van der Waals surface area contributed by atoms with Gasteiger partial charge >= 0.3 is 6.18 Å². The van der Waals surface area contributed by atoms with Gasteiger partial charge in [-0.3, -0.25) is 14.3 Å². The Bertz CT molecular complexity index is 1600. The summed E-state index contributed by atoms with van der Waals surface area (Å²) >= 11 is 0. The number of nitriles is 1. The van der Waals surface area contributed by atoms with E-state index >= 15 is 0 Å². The fourth-order valence-corrected chi connectivity index (χ4v) is 4.05. The third-order valence-electron chi connectivity index (χ3n) is 5.55. The van der Waals surface area contributed by atoms with Crippen LogP contribution in [0.5, 0.6) is 0 Å². The Morgan fingerprint density at radius 2 is 1.78 bits per heavy atom. The number of carbonyl (C=O) groups is 2. The van der Waals surface area contributed by atoms with Crippen LogP contribution >= 0.6 is 0 Å². The average Bonchev–Trinajstić information content (AvgIpc) is 3.14. The quantitative estimate of drug-likeness (QED) is 0.406. The van der Waals surface area contributed by atoms with Crippen molar-refractivity contribution in [2.75, 3.05) is 0 Å². The SMILES string of the molecule is Cc1c(-c2c(C(N)=O)nc3cccc(F)c3c2C(N)=O)c(C(F)(F)F)nn1Cc1cccc(C#N)c1. The van der Waals surface area contributed by atoms with Crippen LogP contribution in [-0.4, -0.2) is 26.6 Å². The molecule has 0 aliphatic heterocycles. The molecule has 4 rings (SSSR count). The second-order valence-electron chi connectivity index (χ2n) is 7.85. The first-order chi connectivity index (χ1) is 16.9. The molecule has 2 amide bonds. The molecule has 4 N–H and O–H groups in total. The molecule has 0 spiro atoms. The Balaban J connectivity index is 2.11. The number of carbonyl (C=O) groups excluding carboxylic acids is 2. The highest BCUT2D eigenvalue weighted by Gasteiger charge is 2.41. The molecular weight excluding hydrogens is 480 g/mol. The molecule has 0 unspecified atom stereocenters. The number of hydrogen-bond donors (Lipinski definition) is 2. The Morgan fingerprint density at radius 1 is 1.08 bits per heavy atom. The number of pyridine rings is 1. The summed E-state index contributed by atoms with van der Waals surface area (Å²) in [4.78, 5) is 28.8. The van der Waals surface area contributed by atoms with Crippen molar-refractivity contribution in [3.63, 3.8) is 0 Å². The largest absolute Gasteiger partial charge is 0.435 e. The highest BCUT2D eigenvalue weighted by molar-refractivity contribution is 6.15. The van der Waals surface area contributed by atoms with Gasteiger partial charge in [0.15, 0.2) is 5.69 Å². The number of nitrogens with zero attached hydrogens (tertiary/aromatic N) is 4. The van der Waals surface area contributed by atoms with Crippen LogP contribution < -0.4 is 11.5 Å². The van der Waals surface area contributed by atoms with Gasteiger partial charge in [0.05, 0.1) is 29.3 Å². The van der Waals surface area contributed by atoms with Gasteiger partial charge in [-0.25, -0.2) is 9.37 Å². The van der Waals surface area contributed by atoms with E-state index in [2.05, 4.69) is 10.1 Å². The Kier molecular flexibility index (Phi) is 5.93. The maximum atomic E-state index is 14.8. The number of fused-ring (bicyclic) bond motifs is 1. The fraction of sp³-hybridized carbons (Fsp3) is 0.125. The van der Waals surface area contributed by atoms with Gasteiger partial charge in [0, 0.05) is 22.2 Å². The van der Waals surface area contributed by atoms with Gasteiger partial charge in [-0.05, 0) is 36.8 Å². The van der Waals surface area contributed by atoms with Crippen LogP contribution in [0, 0.1) is 24.1 Å². The number of amides is 2. The number of alkyl halides is 3. The standard InChI is InChI=1S/C24H16F4N6O2/c1-11-16(21(24(26,27)28)33-34(11)10-13-5-2-4-12(8-13)9-29)18-19(22(30)35)17-14(25)6-3-7-15(17)32-20(18)23(31)36/h2-8H,10H2,1H3,(H2,30,35)(H2,31,36). The predicted octanol–water partition coefficient (Wildman–Crippen LogP) is 3.68. The zero-order valence-electron chi connectivity index (χ0n) is 18.5. The van der Waals surface area contributed by atoms with Gasteiger partial charge in [0.2, 0.25) is 5.91 Å². The summed E-state index contributed by atoms with van der Waals surface area (Å²) in [5.41, 5.74) is 7.23. The van der Waals surface area contributed by atoms with Crippen molar-refractivity contribution in [3.8, 4) is 17.2 Å². The summed E-state index contributed by atoms with van der Waals surface area (Å²) in [5, 5.41) is 12.4. The molecule has 36 heavy (non-hydrogen) atoms. The van der Waals surface area contributed by atoms with Crippen LogP contribution in [0.2, 0.25) is 0 Å². The predicted molar refractivity (Wildman–Crippen MR) is 120 cm³/mol. The van der Waals surface area contributed by atoms with Gasteiger partial charge in [-0.2, -0.15) is 23.5 Å². The average molecular weight is 496 g/mol. The highest BCUT2D eigenvalue weighted by Crippen LogP contribution is 2.42. The molecule has 2 heterocycles. The normalized spacial score (nSPS) is 11.4. The lowest BCUT2D eigenvalue weighted by Gasteiger charge is -2.16. The molecule has 0 aliphatic rings. The van der Waals surface area contributed by atoms with Crippen molar-refractivity contribution < 1.29 is 27.2 Å². The maximum absolute atomic E-state index is 14.8. The summed E-state index contributed by atoms with van der Waals surface area (Å²) in [6, 6.07) is 11.6. The molecule has 2 aromatic heterocycles. The molecule has 2 aromatic carbocycles. The molecule has 0 saturated heterocycles. The lowest BCUT2D eigenvalue weighted by atomic mass is 9.91. The van der Waals surface area contributed by atoms with E-state index in [1.54, 1.807) is 12.1 Å². The van der Waals surface area contributed by atoms with Gasteiger partial charge in [0.1, 0.15) is 11.5 Å². The number of aromatic nitrogens is 3. The first-order valence-electron chi connectivity index (χ1n) is 10.3. The summed E-state index contributed by atoms with van der Waals surface area (Å²) in [6.45, 7) is 1.10. The lowest BCUT2D eigenvalue weighted by molar-refractivity contribution is -0.141. The monoisotopic (exact) mass is 496 g/mol. The molecule has 8 nitrogen and oxygen atoms in total. The molecule has 182 valence electrons. The second-order valence-corrected chi connectivity index (χ2v) is 7.85. The van der Waals surface area contributed by atoms with Crippen LogP contribution in [0.15, 0.2) is 42.5 Å². The number of nitrogens with two attached hydrogens (primary N) is 2. The third kappa shape index (κ3) is 4.11. The number of primary amides is 2. The van der Waals surface area contributed by atoms with Crippen LogP contribution in [0.1, 0.15) is 43.4 Å². The van der Waals surface area contributed by atoms with Crippen LogP contribution in [-0.2, 0) is 12.7 Å². The number of benzene rings is 2. The topological polar surface area (TPSA) is 141 Å². The summed E-state index contributed by atoms with van der Waals surface area (Å²) in [7, 11) is 0. The van der Waals surface area contributed by atoms with Crippen molar-refractivity contribution in [2.24, 2.45) is 11.5 Å². The fourth-order valence-electron chi connectivity index (χ4n) is 4.05. The molecule has 12 heteroatoms. The zero-order chi connectivity index (χ0) is 26.4. The van der Waals surface area contributed by atoms with Crippen LogP contribution in [0.3, 0.4) is 0 Å². The molecule has 0 fully saturated rings. The molecular formula is C24H16F4N6O2. The van der Waals surface area contributed by atoms with Gasteiger partial charge < -0.3 is 11.5 Å². The van der Waals surface area contributed by atoms with Crippen molar-refractivity contribution in [1.29, 1.82) is 5.26 Å². The molecule has 0 radical (unpaired) electrons. The van der Waals surface area contributed by atoms with Crippen molar-refractivity contribution in [2.45, 2.75) is 19.6 Å². The molecule has 0 aliphatic carbocycles.